The number of fused-ring (bicyclic) bond motifs is 1. The van der Waals surface area contributed by atoms with Crippen molar-refractivity contribution in [1.29, 1.82) is 0 Å². The summed E-state index contributed by atoms with van der Waals surface area (Å²) in [5, 5.41) is 0. The van der Waals surface area contributed by atoms with E-state index in [1.165, 1.54) is 25.5 Å². The van der Waals surface area contributed by atoms with Crippen LogP contribution in [0.2, 0.25) is 0 Å². The highest BCUT2D eigenvalue weighted by Gasteiger charge is 2.14. The molecule has 0 aliphatic rings. The molecule has 0 saturated heterocycles. The molecule has 1 heterocycles. The standard InChI is InChI=1S/C17H22N2O2/c1-3-4-5-6-9-13(2)21-17(20)16-12-18-14-10-7-8-11-15(14)19-16/h7-8,10-13H,3-6,9H2,1-2H3/t13-/m1/s1. The first-order chi connectivity index (χ1) is 10.2. The summed E-state index contributed by atoms with van der Waals surface area (Å²) in [4.78, 5) is 20.6. The van der Waals surface area contributed by atoms with Gasteiger partial charge in [0.15, 0.2) is 5.69 Å². The van der Waals surface area contributed by atoms with Gasteiger partial charge in [0.1, 0.15) is 0 Å². The van der Waals surface area contributed by atoms with E-state index in [0.29, 0.717) is 5.52 Å². The number of aromatic nitrogens is 2. The molecule has 2 aromatic rings. The van der Waals surface area contributed by atoms with Crippen molar-refractivity contribution in [2.45, 2.75) is 52.1 Å². The van der Waals surface area contributed by atoms with Gasteiger partial charge in [0, 0.05) is 0 Å². The van der Waals surface area contributed by atoms with Crippen molar-refractivity contribution in [3.8, 4) is 0 Å². The second kappa shape index (κ2) is 7.72. The molecule has 0 fully saturated rings. The normalized spacial score (nSPS) is 12.3. The number of nitrogens with zero attached hydrogens (tertiary/aromatic N) is 2. The van der Waals surface area contributed by atoms with Gasteiger partial charge < -0.3 is 4.74 Å². The molecule has 0 unspecified atom stereocenters. The van der Waals surface area contributed by atoms with E-state index in [1.807, 2.05) is 31.2 Å². The fraction of sp³-hybridized carbons (Fsp3) is 0.471. The first kappa shape index (κ1) is 15.4. The number of unbranched alkanes of at least 4 members (excludes halogenated alkanes) is 3. The summed E-state index contributed by atoms with van der Waals surface area (Å²) in [7, 11) is 0. The van der Waals surface area contributed by atoms with Crippen LogP contribution >= 0.6 is 0 Å². The Kier molecular flexibility index (Phi) is 5.67. The number of hydrogen-bond acceptors (Lipinski definition) is 4. The quantitative estimate of drug-likeness (QED) is 0.567. The molecular formula is C17H22N2O2. The molecule has 0 saturated carbocycles. The lowest BCUT2D eigenvalue weighted by molar-refractivity contribution is 0.0312. The predicted octanol–water partition coefficient (Wildman–Crippen LogP) is 4.15. The van der Waals surface area contributed by atoms with Crippen LogP contribution in [0.1, 0.15) is 56.4 Å². The van der Waals surface area contributed by atoms with E-state index in [-0.39, 0.29) is 11.8 Å². The third kappa shape index (κ3) is 4.52. The molecule has 0 amide bonds. The van der Waals surface area contributed by atoms with E-state index in [4.69, 9.17) is 4.74 Å². The molecule has 21 heavy (non-hydrogen) atoms. The van der Waals surface area contributed by atoms with Gasteiger partial charge in [0.05, 0.1) is 23.3 Å². The predicted molar refractivity (Wildman–Crippen MR) is 83.2 cm³/mol. The largest absolute Gasteiger partial charge is 0.458 e. The highest BCUT2D eigenvalue weighted by atomic mass is 16.5. The second-order valence-corrected chi connectivity index (χ2v) is 5.31. The van der Waals surface area contributed by atoms with Crippen LogP contribution < -0.4 is 0 Å². The van der Waals surface area contributed by atoms with Gasteiger partial charge in [-0.05, 0) is 31.9 Å². The molecule has 1 aromatic heterocycles. The fourth-order valence-corrected chi connectivity index (χ4v) is 2.22. The topological polar surface area (TPSA) is 52.1 Å². The highest BCUT2D eigenvalue weighted by molar-refractivity contribution is 5.89. The number of rotatable bonds is 7. The maximum absolute atomic E-state index is 12.1. The van der Waals surface area contributed by atoms with Crippen LogP contribution in [0.25, 0.3) is 11.0 Å². The third-order valence-electron chi connectivity index (χ3n) is 3.43. The average molecular weight is 286 g/mol. The Morgan fingerprint density at radius 3 is 2.71 bits per heavy atom. The van der Waals surface area contributed by atoms with Gasteiger partial charge in [-0.1, -0.05) is 38.3 Å². The van der Waals surface area contributed by atoms with Gasteiger partial charge in [-0.2, -0.15) is 0 Å². The Morgan fingerprint density at radius 2 is 1.95 bits per heavy atom. The van der Waals surface area contributed by atoms with Gasteiger partial charge in [0.25, 0.3) is 0 Å². The number of hydrogen-bond donors (Lipinski definition) is 0. The number of esters is 1. The lowest BCUT2D eigenvalue weighted by atomic mass is 10.1. The maximum Gasteiger partial charge on any atom is 0.358 e. The van der Waals surface area contributed by atoms with E-state index in [0.717, 1.165) is 18.4 Å². The van der Waals surface area contributed by atoms with Crippen LogP contribution in [-0.2, 0) is 4.74 Å². The van der Waals surface area contributed by atoms with Crippen LogP contribution in [-0.4, -0.2) is 22.0 Å². The third-order valence-corrected chi connectivity index (χ3v) is 3.43. The van der Waals surface area contributed by atoms with Crippen LogP contribution in [0, 0.1) is 0 Å². The van der Waals surface area contributed by atoms with Crippen molar-refractivity contribution in [1.82, 2.24) is 9.97 Å². The molecule has 1 atom stereocenters. The average Bonchev–Trinajstić information content (AvgIpc) is 2.51. The van der Waals surface area contributed by atoms with Crippen LogP contribution in [0.5, 0.6) is 0 Å². The van der Waals surface area contributed by atoms with Crippen molar-refractivity contribution in [3.05, 3.63) is 36.2 Å². The molecule has 4 heteroatoms. The minimum Gasteiger partial charge on any atom is -0.458 e. The molecule has 4 nitrogen and oxygen atoms in total. The van der Waals surface area contributed by atoms with Gasteiger partial charge in [0.2, 0.25) is 0 Å². The molecule has 112 valence electrons. The number of benzene rings is 1. The minimum absolute atomic E-state index is 0.0809. The monoisotopic (exact) mass is 286 g/mol. The summed E-state index contributed by atoms with van der Waals surface area (Å²) in [5.41, 5.74) is 1.76. The van der Waals surface area contributed by atoms with Gasteiger partial charge in [-0.3, -0.25) is 4.98 Å². The first-order valence-electron chi connectivity index (χ1n) is 7.63. The summed E-state index contributed by atoms with van der Waals surface area (Å²) >= 11 is 0. The van der Waals surface area contributed by atoms with E-state index in [2.05, 4.69) is 16.9 Å². The van der Waals surface area contributed by atoms with E-state index in [1.54, 1.807) is 0 Å². The lowest BCUT2D eigenvalue weighted by Gasteiger charge is -2.12. The molecular weight excluding hydrogens is 264 g/mol. The van der Waals surface area contributed by atoms with Gasteiger partial charge >= 0.3 is 5.97 Å². The molecule has 0 spiro atoms. The molecule has 2 rings (SSSR count). The van der Waals surface area contributed by atoms with E-state index in [9.17, 15) is 4.79 Å². The molecule has 0 radical (unpaired) electrons. The van der Waals surface area contributed by atoms with Crippen molar-refractivity contribution in [3.63, 3.8) is 0 Å². The summed E-state index contributed by atoms with van der Waals surface area (Å²) < 4.78 is 5.42. The molecule has 0 bridgehead atoms. The van der Waals surface area contributed by atoms with Gasteiger partial charge in [-0.25, -0.2) is 9.78 Å². The number of ether oxygens (including phenoxy) is 1. The van der Waals surface area contributed by atoms with Crippen molar-refractivity contribution in [2.24, 2.45) is 0 Å². The summed E-state index contributed by atoms with van der Waals surface area (Å²) in [6, 6.07) is 7.48. The Morgan fingerprint density at radius 1 is 1.19 bits per heavy atom. The number of carbonyl (C=O) groups excluding carboxylic acids is 1. The zero-order chi connectivity index (χ0) is 15.1. The van der Waals surface area contributed by atoms with Crippen molar-refractivity contribution < 1.29 is 9.53 Å². The van der Waals surface area contributed by atoms with Crippen LogP contribution in [0.4, 0.5) is 0 Å². The van der Waals surface area contributed by atoms with Crippen LogP contribution in [0.15, 0.2) is 30.5 Å². The van der Waals surface area contributed by atoms with Crippen molar-refractivity contribution in [2.75, 3.05) is 0 Å². The second-order valence-electron chi connectivity index (χ2n) is 5.31. The summed E-state index contributed by atoms with van der Waals surface area (Å²) in [6.45, 7) is 4.11. The zero-order valence-corrected chi connectivity index (χ0v) is 12.7. The lowest BCUT2D eigenvalue weighted by Crippen LogP contribution is -2.16. The van der Waals surface area contributed by atoms with Crippen LogP contribution in [0.3, 0.4) is 0 Å². The molecule has 0 N–H and O–H groups in total. The molecule has 0 aliphatic carbocycles. The minimum atomic E-state index is -0.392. The maximum atomic E-state index is 12.1. The first-order valence-corrected chi connectivity index (χ1v) is 7.63. The smallest absolute Gasteiger partial charge is 0.358 e. The van der Waals surface area contributed by atoms with Gasteiger partial charge in [-0.15, -0.1) is 0 Å². The summed E-state index contributed by atoms with van der Waals surface area (Å²) in [5.74, 6) is -0.392. The highest BCUT2D eigenvalue weighted by Crippen LogP contribution is 2.12. The number of carbonyl (C=O) groups is 1. The Balaban J connectivity index is 1.92. The Hall–Kier alpha value is -1.97. The number of para-hydroxylation sites is 2. The summed E-state index contributed by atoms with van der Waals surface area (Å²) in [6.07, 6.45) is 7.02. The van der Waals surface area contributed by atoms with Crippen molar-refractivity contribution >= 4 is 17.0 Å². The van der Waals surface area contributed by atoms with E-state index >= 15 is 0 Å². The Bertz CT molecular complexity index is 598. The Labute approximate surface area is 125 Å². The zero-order valence-electron chi connectivity index (χ0n) is 12.7. The molecule has 0 aliphatic heterocycles. The van der Waals surface area contributed by atoms with E-state index < -0.39 is 5.97 Å². The SMILES string of the molecule is CCCCCC[C@@H](C)OC(=O)c1cnc2ccccc2n1. The fourth-order valence-electron chi connectivity index (χ4n) is 2.22. The molecule has 1 aromatic carbocycles.